The van der Waals surface area contributed by atoms with Crippen LogP contribution in [0.2, 0.25) is 0 Å². The van der Waals surface area contributed by atoms with E-state index in [0.717, 1.165) is 0 Å². The number of nitrogens with one attached hydrogen (secondary N) is 1. The first-order valence-corrected chi connectivity index (χ1v) is 7.45. The van der Waals surface area contributed by atoms with Crippen LogP contribution in [0, 0.1) is 5.82 Å². The Hall–Kier alpha value is -3.15. The number of aromatic nitrogens is 2. The highest BCUT2D eigenvalue weighted by Gasteiger charge is 2.19. The number of carbonyl (C=O) groups is 1. The van der Waals surface area contributed by atoms with E-state index < -0.39 is 11.9 Å². The molecular formula is C18H16FN3O2. The van der Waals surface area contributed by atoms with Crippen LogP contribution in [0.3, 0.4) is 0 Å². The third-order valence-electron chi connectivity index (χ3n) is 3.55. The fraction of sp³-hybridized carbons (Fsp3) is 0.111. The van der Waals surface area contributed by atoms with Gasteiger partial charge in [-0.1, -0.05) is 24.3 Å². The van der Waals surface area contributed by atoms with E-state index in [9.17, 15) is 9.18 Å². The summed E-state index contributed by atoms with van der Waals surface area (Å²) in [5, 5.41) is 2.60. The zero-order valence-corrected chi connectivity index (χ0v) is 13.0. The Balaban J connectivity index is 1.83. The molecular weight excluding hydrogens is 309 g/mol. The summed E-state index contributed by atoms with van der Waals surface area (Å²) in [5.74, 6) is -0.126. The minimum Gasteiger partial charge on any atom is -0.455 e. The zero-order chi connectivity index (χ0) is 16.9. The van der Waals surface area contributed by atoms with Crippen molar-refractivity contribution in [1.29, 1.82) is 0 Å². The second-order valence-electron chi connectivity index (χ2n) is 5.20. The number of benzene rings is 2. The minimum absolute atomic E-state index is 0.0123. The van der Waals surface area contributed by atoms with Crippen molar-refractivity contribution in [2.75, 3.05) is 5.32 Å². The van der Waals surface area contributed by atoms with Gasteiger partial charge in [-0.15, -0.1) is 0 Å². The number of anilines is 1. The summed E-state index contributed by atoms with van der Waals surface area (Å²) in [7, 11) is 0. The average molecular weight is 325 g/mol. The lowest BCUT2D eigenvalue weighted by Crippen LogP contribution is -2.23. The number of imidazole rings is 1. The molecule has 0 aliphatic rings. The van der Waals surface area contributed by atoms with Crippen molar-refractivity contribution in [3.8, 4) is 11.5 Å². The molecule has 0 spiro atoms. The highest BCUT2D eigenvalue weighted by Crippen LogP contribution is 2.32. The fourth-order valence-electron chi connectivity index (χ4n) is 2.19. The maximum absolute atomic E-state index is 14.2. The molecule has 1 amide bonds. The van der Waals surface area contributed by atoms with Crippen molar-refractivity contribution < 1.29 is 13.9 Å². The third kappa shape index (κ3) is 3.43. The van der Waals surface area contributed by atoms with E-state index in [1.165, 1.54) is 18.5 Å². The van der Waals surface area contributed by atoms with Gasteiger partial charge in [0.15, 0.2) is 11.6 Å². The Morgan fingerprint density at radius 3 is 2.71 bits per heavy atom. The smallest absolute Gasteiger partial charge is 0.247 e. The van der Waals surface area contributed by atoms with E-state index >= 15 is 0 Å². The van der Waals surface area contributed by atoms with Gasteiger partial charge in [0.05, 0.1) is 6.33 Å². The zero-order valence-electron chi connectivity index (χ0n) is 13.0. The molecule has 0 bridgehead atoms. The highest BCUT2D eigenvalue weighted by atomic mass is 19.1. The van der Waals surface area contributed by atoms with Crippen LogP contribution in [-0.4, -0.2) is 15.5 Å². The lowest BCUT2D eigenvalue weighted by atomic mass is 10.2. The van der Waals surface area contributed by atoms with E-state index in [0.29, 0.717) is 5.75 Å². The van der Waals surface area contributed by atoms with Gasteiger partial charge < -0.3 is 14.6 Å². The molecule has 3 rings (SSSR count). The predicted octanol–water partition coefficient (Wildman–Crippen LogP) is 4.01. The normalized spacial score (nSPS) is 11.8. The van der Waals surface area contributed by atoms with Crippen LogP contribution in [0.1, 0.15) is 13.0 Å². The number of halogens is 1. The van der Waals surface area contributed by atoms with Gasteiger partial charge in [-0.2, -0.15) is 0 Å². The standard InChI is InChI=1S/C18H16FN3O2/c1-13(22-11-10-20-12-22)18(23)21-17-15(19)8-5-9-16(17)24-14-6-3-2-4-7-14/h2-13H,1H3,(H,21,23). The molecule has 122 valence electrons. The molecule has 1 unspecified atom stereocenters. The molecule has 6 heteroatoms. The monoisotopic (exact) mass is 325 g/mol. The molecule has 0 radical (unpaired) electrons. The number of hydrogen-bond donors (Lipinski definition) is 1. The Morgan fingerprint density at radius 1 is 1.21 bits per heavy atom. The molecule has 1 atom stereocenters. The highest BCUT2D eigenvalue weighted by molar-refractivity contribution is 5.95. The van der Waals surface area contributed by atoms with Gasteiger partial charge in [0.1, 0.15) is 17.5 Å². The second kappa shape index (κ2) is 6.95. The van der Waals surface area contributed by atoms with Crippen LogP contribution < -0.4 is 10.1 Å². The molecule has 1 heterocycles. The van der Waals surface area contributed by atoms with E-state index in [1.807, 2.05) is 18.2 Å². The molecule has 0 aliphatic carbocycles. The number of amides is 1. The average Bonchev–Trinajstić information content (AvgIpc) is 3.12. The number of ether oxygens (including phenoxy) is 1. The van der Waals surface area contributed by atoms with Gasteiger partial charge in [0, 0.05) is 12.4 Å². The van der Waals surface area contributed by atoms with Crippen LogP contribution in [0.15, 0.2) is 67.3 Å². The van der Waals surface area contributed by atoms with Gasteiger partial charge in [0.25, 0.3) is 0 Å². The van der Waals surface area contributed by atoms with Crippen LogP contribution in [0.4, 0.5) is 10.1 Å². The molecule has 1 aromatic heterocycles. The maximum Gasteiger partial charge on any atom is 0.247 e. The van der Waals surface area contributed by atoms with Gasteiger partial charge in [-0.05, 0) is 31.2 Å². The number of para-hydroxylation sites is 2. The van der Waals surface area contributed by atoms with Crippen molar-refractivity contribution in [1.82, 2.24) is 9.55 Å². The first kappa shape index (κ1) is 15.7. The van der Waals surface area contributed by atoms with E-state index in [1.54, 1.807) is 42.1 Å². The Labute approximate surface area is 138 Å². The minimum atomic E-state index is -0.561. The Morgan fingerprint density at radius 2 is 2.00 bits per heavy atom. The summed E-state index contributed by atoms with van der Waals surface area (Å²) in [6, 6.07) is 12.9. The second-order valence-corrected chi connectivity index (χ2v) is 5.20. The van der Waals surface area contributed by atoms with Crippen molar-refractivity contribution in [2.24, 2.45) is 0 Å². The van der Waals surface area contributed by atoms with Crippen molar-refractivity contribution in [2.45, 2.75) is 13.0 Å². The third-order valence-corrected chi connectivity index (χ3v) is 3.55. The van der Waals surface area contributed by atoms with Crippen molar-refractivity contribution in [3.63, 3.8) is 0 Å². The van der Waals surface area contributed by atoms with Gasteiger partial charge in [-0.3, -0.25) is 4.79 Å². The SMILES string of the molecule is CC(C(=O)Nc1c(F)cccc1Oc1ccccc1)n1ccnc1. The maximum atomic E-state index is 14.2. The van der Waals surface area contributed by atoms with E-state index in [-0.39, 0.29) is 17.3 Å². The molecule has 3 aromatic rings. The van der Waals surface area contributed by atoms with Gasteiger partial charge in [-0.25, -0.2) is 9.37 Å². The largest absolute Gasteiger partial charge is 0.455 e. The number of carbonyl (C=O) groups excluding carboxylic acids is 1. The lowest BCUT2D eigenvalue weighted by Gasteiger charge is -2.16. The molecule has 5 nitrogen and oxygen atoms in total. The fourth-order valence-corrected chi connectivity index (χ4v) is 2.19. The molecule has 0 saturated carbocycles. The Bertz CT molecular complexity index is 820. The van der Waals surface area contributed by atoms with Crippen LogP contribution in [0.5, 0.6) is 11.5 Å². The molecule has 2 aromatic carbocycles. The summed E-state index contributed by atoms with van der Waals surface area (Å²) in [5.41, 5.74) is 0.0123. The first-order chi connectivity index (χ1) is 11.6. The van der Waals surface area contributed by atoms with Crippen LogP contribution >= 0.6 is 0 Å². The van der Waals surface area contributed by atoms with Gasteiger partial charge >= 0.3 is 0 Å². The lowest BCUT2D eigenvalue weighted by molar-refractivity contribution is -0.118. The molecule has 24 heavy (non-hydrogen) atoms. The summed E-state index contributed by atoms with van der Waals surface area (Å²) >= 11 is 0. The summed E-state index contributed by atoms with van der Waals surface area (Å²) in [4.78, 5) is 16.3. The molecule has 0 aliphatic heterocycles. The summed E-state index contributed by atoms with van der Waals surface area (Å²) < 4.78 is 21.5. The predicted molar refractivity (Wildman–Crippen MR) is 88.5 cm³/mol. The first-order valence-electron chi connectivity index (χ1n) is 7.45. The summed E-state index contributed by atoms with van der Waals surface area (Å²) in [6.45, 7) is 1.70. The number of hydrogen-bond acceptors (Lipinski definition) is 3. The quantitative estimate of drug-likeness (QED) is 0.771. The molecule has 1 N–H and O–H groups in total. The van der Waals surface area contributed by atoms with Crippen LogP contribution in [-0.2, 0) is 4.79 Å². The number of rotatable bonds is 5. The van der Waals surface area contributed by atoms with E-state index in [2.05, 4.69) is 10.3 Å². The molecule has 0 fully saturated rings. The number of nitrogens with zero attached hydrogens (tertiary/aromatic N) is 2. The van der Waals surface area contributed by atoms with E-state index in [4.69, 9.17) is 4.74 Å². The Kier molecular flexibility index (Phi) is 4.56. The topological polar surface area (TPSA) is 56.1 Å². The van der Waals surface area contributed by atoms with Crippen molar-refractivity contribution >= 4 is 11.6 Å². The summed E-state index contributed by atoms with van der Waals surface area (Å²) in [6.07, 6.45) is 4.79. The van der Waals surface area contributed by atoms with Crippen LogP contribution in [0.25, 0.3) is 0 Å². The van der Waals surface area contributed by atoms with Gasteiger partial charge in [0.2, 0.25) is 5.91 Å². The molecule has 0 saturated heterocycles. The van der Waals surface area contributed by atoms with Crippen molar-refractivity contribution in [3.05, 3.63) is 73.1 Å².